The van der Waals surface area contributed by atoms with E-state index in [0.29, 0.717) is 18.8 Å². The Morgan fingerprint density at radius 1 is 1.22 bits per heavy atom. The average Bonchev–Trinajstić information content (AvgIpc) is 2.87. The predicted molar refractivity (Wildman–Crippen MR) is 68.1 cm³/mol. The van der Waals surface area contributed by atoms with Crippen LogP contribution in [-0.4, -0.2) is 35.0 Å². The molecule has 0 radical (unpaired) electrons. The highest BCUT2D eigenvalue weighted by atomic mass is 16.4. The van der Waals surface area contributed by atoms with E-state index in [1.807, 2.05) is 4.90 Å². The molecule has 1 unspecified atom stereocenters. The highest BCUT2D eigenvalue weighted by Gasteiger charge is 2.36. The van der Waals surface area contributed by atoms with Gasteiger partial charge in [0.1, 0.15) is 0 Å². The van der Waals surface area contributed by atoms with Crippen molar-refractivity contribution in [3.05, 3.63) is 0 Å². The van der Waals surface area contributed by atoms with Gasteiger partial charge in [0.15, 0.2) is 0 Å². The van der Waals surface area contributed by atoms with E-state index in [9.17, 15) is 9.59 Å². The number of hydrogen-bond donors (Lipinski definition) is 1. The fourth-order valence-electron chi connectivity index (χ4n) is 3.29. The van der Waals surface area contributed by atoms with Crippen LogP contribution in [0.25, 0.3) is 0 Å². The Morgan fingerprint density at radius 3 is 2.56 bits per heavy atom. The standard InChI is InChI=1S/C14H23NO3/c1-2-10-4-3-7-15(9-10)13(16)11-5-6-12(8-11)14(17)18/h10-12H,2-9H2,1H3,(H,17,18)/t10?,11-,12+/m1/s1. The maximum atomic E-state index is 12.4. The van der Waals surface area contributed by atoms with Crippen molar-refractivity contribution in [3.8, 4) is 0 Å². The maximum absolute atomic E-state index is 12.4. The second-order valence-electron chi connectivity index (χ2n) is 5.75. The second kappa shape index (κ2) is 5.72. The molecular formula is C14H23NO3. The lowest BCUT2D eigenvalue weighted by molar-refractivity contribution is -0.142. The molecule has 4 nitrogen and oxygen atoms in total. The SMILES string of the molecule is CCC1CCCN(C(=O)[C@@H]2CC[C@H](C(=O)O)C2)C1. The Balaban J connectivity index is 1.89. The van der Waals surface area contributed by atoms with Gasteiger partial charge in [-0.3, -0.25) is 9.59 Å². The molecule has 3 atom stereocenters. The first kappa shape index (κ1) is 13.4. The molecule has 1 aliphatic carbocycles. The zero-order valence-electron chi connectivity index (χ0n) is 11.1. The van der Waals surface area contributed by atoms with Crippen molar-refractivity contribution in [2.45, 2.75) is 45.4 Å². The number of carbonyl (C=O) groups excluding carboxylic acids is 1. The smallest absolute Gasteiger partial charge is 0.306 e. The van der Waals surface area contributed by atoms with Crippen LogP contribution >= 0.6 is 0 Å². The molecule has 0 bridgehead atoms. The number of hydrogen-bond acceptors (Lipinski definition) is 2. The third kappa shape index (κ3) is 2.85. The molecule has 0 aromatic rings. The van der Waals surface area contributed by atoms with Gasteiger partial charge in [0.2, 0.25) is 5.91 Å². The number of amides is 1. The largest absolute Gasteiger partial charge is 0.481 e. The molecule has 1 saturated carbocycles. The monoisotopic (exact) mass is 253 g/mol. The van der Waals surface area contributed by atoms with Gasteiger partial charge < -0.3 is 10.0 Å². The minimum absolute atomic E-state index is 0.0401. The van der Waals surface area contributed by atoms with E-state index in [1.54, 1.807) is 0 Å². The molecule has 4 heteroatoms. The molecular weight excluding hydrogens is 230 g/mol. The number of rotatable bonds is 3. The van der Waals surface area contributed by atoms with Gasteiger partial charge in [-0.1, -0.05) is 13.3 Å². The van der Waals surface area contributed by atoms with Crippen LogP contribution in [0.3, 0.4) is 0 Å². The number of piperidine rings is 1. The Morgan fingerprint density at radius 2 is 1.94 bits per heavy atom. The third-order valence-electron chi connectivity index (χ3n) is 4.54. The molecule has 2 aliphatic rings. The third-order valence-corrected chi connectivity index (χ3v) is 4.54. The number of aliphatic carboxylic acids is 1. The lowest BCUT2D eigenvalue weighted by Gasteiger charge is -2.34. The van der Waals surface area contributed by atoms with Crippen molar-refractivity contribution in [1.29, 1.82) is 0 Å². The van der Waals surface area contributed by atoms with Crippen molar-refractivity contribution in [2.75, 3.05) is 13.1 Å². The van der Waals surface area contributed by atoms with Crippen LogP contribution in [-0.2, 0) is 9.59 Å². The van der Waals surface area contributed by atoms with Crippen LogP contribution in [0.1, 0.15) is 45.4 Å². The highest BCUT2D eigenvalue weighted by molar-refractivity contribution is 5.81. The molecule has 2 fully saturated rings. The summed E-state index contributed by atoms with van der Waals surface area (Å²) < 4.78 is 0. The zero-order chi connectivity index (χ0) is 13.1. The Kier molecular flexibility index (Phi) is 4.25. The molecule has 1 aliphatic heterocycles. The fourth-order valence-corrected chi connectivity index (χ4v) is 3.29. The van der Waals surface area contributed by atoms with Crippen LogP contribution in [0.2, 0.25) is 0 Å². The maximum Gasteiger partial charge on any atom is 0.306 e. The minimum Gasteiger partial charge on any atom is -0.481 e. The summed E-state index contributed by atoms with van der Waals surface area (Å²) in [5.74, 6) is -0.237. The summed E-state index contributed by atoms with van der Waals surface area (Å²) in [6.45, 7) is 3.92. The second-order valence-corrected chi connectivity index (χ2v) is 5.75. The molecule has 0 aromatic carbocycles. The molecule has 1 amide bonds. The number of carbonyl (C=O) groups is 2. The summed E-state index contributed by atoms with van der Waals surface area (Å²) in [4.78, 5) is 25.3. The van der Waals surface area contributed by atoms with E-state index in [2.05, 4.69) is 6.92 Å². The van der Waals surface area contributed by atoms with Gasteiger partial charge >= 0.3 is 5.97 Å². The summed E-state index contributed by atoms with van der Waals surface area (Å²) >= 11 is 0. The molecule has 1 N–H and O–H groups in total. The van der Waals surface area contributed by atoms with Crippen molar-refractivity contribution in [1.82, 2.24) is 4.90 Å². The molecule has 1 saturated heterocycles. The Hall–Kier alpha value is -1.06. The highest BCUT2D eigenvalue weighted by Crippen LogP contribution is 2.33. The molecule has 18 heavy (non-hydrogen) atoms. The quantitative estimate of drug-likeness (QED) is 0.838. The first-order valence-electron chi connectivity index (χ1n) is 7.13. The van der Waals surface area contributed by atoms with E-state index in [0.717, 1.165) is 32.4 Å². The first-order chi connectivity index (χ1) is 8.61. The molecule has 1 heterocycles. The van der Waals surface area contributed by atoms with Gasteiger partial charge in [0, 0.05) is 19.0 Å². The fraction of sp³-hybridized carbons (Fsp3) is 0.857. The first-order valence-corrected chi connectivity index (χ1v) is 7.13. The number of carboxylic acid groups (broad SMARTS) is 1. The topological polar surface area (TPSA) is 57.6 Å². The van der Waals surface area contributed by atoms with Crippen LogP contribution < -0.4 is 0 Å². The Bertz CT molecular complexity index is 329. The van der Waals surface area contributed by atoms with Crippen LogP contribution in [0.15, 0.2) is 0 Å². The van der Waals surface area contributed by atoms with Gasteiger partial charge in [-0.25, -0.2) is 0 Å². The average molecular weight is 253 g/mol. The number of likely N-dealkylation sites (tertiary alicyclic amines) is 1. The van der Waals surface area contributed by atoms with Gasteiger partial charge in [-0.15, -0.1) is 0 Å². The van der Waals surface area contributed by atoms with Crippen LogP contribution in [0.4, 0.5) is 0 Å². The Labute approximate surface area is 108 Å². The summed E-state index contributed by atoms with van der Waals surface area (Å²) in [6, 6.07) is 0. The zero-order valence-corrected chi connectivity index (χ0v) is 11.1. The molecule has 102 valence electrons. The predicted octanol–water partition coefficient (Wildman–Crippen LogP) is 2.14. The lowest BCUT2D eigenvalue weighted by Crippen LogP contribution is -2.42. The number of nitrogens with zero attached hydrogens (tertiary/aromatic N) is 1. The van der Waals surface area contributed by atoms with Crippen LogP contribution in [0.5, 0.6) is 0 Å². The summed E-state index contributed by atoms with van der Waals surface area (Å²) in [7, 11) is 0. The normalized spacial score (nSPS) is 32.5. The van der Waals surface area contributed by atoms with Crippen molar-refractivity contribution in [2.24, 2.45) is 17.8 Å². The van der Waals surface area contributed by atoms with Crippen molar-refractivity contribution >= 4 is 11.9 Å². The van der Waals surface area contributed by atoms with E-state index in [-0.39, 0.29) is 17.7 Å². The van der Waals surface area contributed by atoms with E-state index < -0.39 is 5.97 Å². The summed E-state index contributed by atoms with van der Waals surface area (Å²) in [5, 5.41) is 8.98. The van der Waals surface area contributed by atoms with Gasteiger partial charge in [0.05, 0.1) is 5.92 Å². The van der Waals surface area contributed by atoms with Gasteiger partial charge in [0.25, 0.3) is 0 Å². The van der Waals surface area contributed by atoms with Gasteiger partial charge in [-0.05, 0) is 38.0 Å². The van der Waals surface area contributed by atoms with Gasteiger partial charge in [-0.2, -0.15) is 0 Å². The molecule has 2 rings (SSSR count). The van der Waals surface area contributed by atoms with E-state index in [4.69, 9.17) is 5.11 Å². The minimum atomic E-state index is -0.740. The van der Waals surface area contributed by atoms with Crippen molar-refractivity contribution in [3.63, 3.8) is 0 Å². The van der Waals surface area contributed by atoms with E-state index in [1.165, 1.54) is 6.42 Å². The number of carboxylic acids is 1. The molecule has 0 spiro atoms. The summed E-state index contributed by atoms with van der Waals surface area (Å²) in [6.07, 6.45) is 5.41. The van der Waals surface area contributed by atoms with E-state index >= 15 is 0 Å². The van der Waals surface area contributed by atoms with Crippen molar-refractivity contribution < 1.29 is 14.7 Å². The van der Waals surface area contributed by atoms with Crippen LogP contribution in [0, 0.1) is 17.8 Å². The summed E-state index contributed by atoms with van der Waals surface area (Å²) in [5.41, 5.74) is 0. The lowest BCUT2D eigenvalue weighted by atomic mass is 9.94. The molecule has 0 aromatic heterocycles.